The normalized spacial score (nSPS) is 18.0. The Morgan fingerprint density at radius 3 is 3.05 bits per heavy atom. The summed E-state index contributed by atoms with van der Waals surface area (Å²) in [4.78, 5) is 9.20. The van der Waals surface area contributed by atoms with Crippen molar-refractivity contribution in [2.75, 3.05) is 6.54 Å². The fourth-order valence-corrected chi connectivity index (χ4v) is 2.75. The smallest absolute Gasteiger partial charge is 0.195 e. The van der Waals surface area contributed by atoms with Gasteiger partial charge in [0.2, 0.25) is 0 Å². The molecule has 0 saturated carbocycles. The lowest BCUT2D eigenvalue weighted by molar-refractivity contribution is 0.453. The highest BCUT2D eigenvalue weighted by atomic mass is 16.3. The summed E-state index contributed by atoms with van der Waals surface area (Å²) in [5.41, 5.74) is 2.43. The number of hydrogen-bond donors (Lipinski definition) is 1. The molecule has 1 atom stereocenters. The topological polar surface area (TPSA) is 51.0 Å². The van der Waals surface area contributed by atoms with Gasteiger partial charge in [0, 0.05) is 23.5 Å². The second kappa shape index (κ2) is 5.75. The molecule has 0 amide bonds. The van der Waals surface area contributed by atoms with Gasteiger partial charge in [0.1, 0.15) is 5.76 Å². The maximum absolute atomic E-state index is 5.61. The first kappa shape index (κ1) is 13.3. The monoisotopic (exact) mass is 271 g/mol. The summed E-state index contributed by atoms with van der Waals surface area (Å²) in [5.74, 6) is 2.35. The van der Waals surface area contributed by atoms with E-state index in [0.717, 1.165) is 30.9 Å². The Labute approximate surface area is 119 Å². The number of furan rings is 1. The van der Waals surface area contributed by atoms with Crippen molar-refractivity contribution >= 4 is 0 Å². The predicted octanol–water partition coefficient (Wildman–Crippen LogP) is 3.42. The van der Waals surface area contributed by atoms with Gasteiger partial charge in [0.05, 0.1) is 0 Å². The standard InChI is InChI=1S/C16H21N3O/c1-3-9-17-13-5-4-6-14-12(13)10-18-16(19-14)15-8-7-11(2)20-15/h7-8,10,13,17H,3-6,9H2,1-2H3. The van der Waals surface area contributed by atoms with Crippen LogP contribution in [0.2, 0.25) is 0 Å². The van der Waals surface area contributed by atoms with Crippen molar-refractivity contribution in [1.29, 1.82) is 0 Å². The summed E-state index contributed by atoms with van der Waals surface area (Å²) in [7, 11) is 0. The van der Waals surface area contributed by atoms with Crippen molar-refractivity contribution in [1.82, 2.24) is 15.3 Å². The number of rotatable bonds is 4. The summed E-state index contributed by atoms with van der Waals surface area (Å²) < 4.78 is 5.61. The largest absolute Gasteiger partial charge is 0.458 e. The molecule has 4 nitrogen and oxygen atoms in total. The zero-order valence-electron chi connectivity index (χ0n) is 12.1. The van der Waals surface area contributed by atoms with Crippen LogP contribution in [0, 0.1) is 6.92 Å². The summed E-state index contributed by atoms with van der Waals surface area (Å²) in [6.45, 7) is 5.17. The van der Waals surface area contributed by atoms with Crippen LogP contribution in [0.5, 0.6) is 0 Å². The van der Waals surface area contributed by atoms with Gasteiger partial charge in [-0.3, -0.25) is 0 Å². The Balaban J connectivity index is 1.88. The van der Waals surface area contributed by atoms with E-state index in [1.165, 1.54) is 24.1 Å². The zero-order valence-corrected chi connectivity index (χ0v) is 12.1. The van der Waals surface area contributed by atoms with E-state index in [4.69, 9.17) is 9.40 Å². The molecule has 2 aromatic rings. The highest BCUT2D eigenvalue weighted by molar-refractivity contribution is 5.48. The number of aromatic nitrogens is 2. The van der Waals surface area contributed by atoms with Gasteiger partial charge < -0.3 is 9.73 Å². The maximum Gasteiger partial charge on any atom is 0.195 e. The Kier molecular flexibility index (Phi) is 3.83. The van der Waals surface area contributed by atoms with Crippen LogP contribution in [0.15, 0.2) is 22.7 Å². The lowest BCUT2D eigenvalue weighted by Crippen LogP contribution is -2.26. The summed E-state index contributed by atoms with van der Waals surface area (Å²) in [5, 5.41) is 3.59. The zero-order chi connectivity index (χ0) is 13.9. The molecule has 0 aromatic carbocycles. The quantitative estimate of drug-likeness (QED) is 0.925. The van der Waals surface area contributed by atoms with Crippen molar-refractivity contribution in [2.24, 2.45) is 0 Å². The van der Waals surface area contributed by atoms with Gasteiger partial charge in [-0.15, -0.1) is 0 Å². The molecule has 0 saturated heterocycles. The highest BCUT2D eigenvalue weighted by Gasteiger charge is 2.22. The fraction of sp³-hybridized carbons (Fsp3) is 0.500. The van der Waals surface area contributed by atoms with Gasteiger partial charge in [-0.2, -0.15) is 0 Å². The van der Waals surface area contributed by atoms with Crippen molar-refractivity contribution in [3.05, 3.63) is 35.3 Å². The SMILES string of the molecule is CCCNC1CCCc2nc(-c3ccc(C)o3)ncc21. The van der Waals surface area contributed by atoms with Gasteiger partial charge in [-0.25, -0.2) is 9.97 Å². The molecule has 2 aromatic heterocycles. The van der Waals surface area contributed by atoms with E-state index >= 15 is 0 Å². The molecule has 2 heterocycles. The van der Waals surface area contributed by atoms with E-state index in [1.807, 2.05) is 25.3 Å². The molecule has 0 fully saturated rings. The molecule has 0 bridgehead atoms. The average Bonchev–Trinajstić information content (AvgIpc) is 2.91. The van der Waals surface area contributed by atoms with Crippen molar-refractivity contribution in [3.8, 4) is 11.6 Å². The van der Waals surface area contributed by atoms with E-state index in [0.29, 0.717) is 11.9 Å². The highest BCUT2D eigenvalue weighted by Crippen LogP contribution is 2.29. The molecule has 1 aliphatic carbocycles. The van der Waals surface area contributed by atoms with Crippen LogP contribution >= 0.6 is 0 Å². The van der Waals surface area contributed by atoms with Crippen LogP contribution in [0.1, 0.15) is 49.2 Å². The third-order valence-electron chi connectivity index (χ3n) is 3.78. The Hall–Kier alpha value is -1.68. The fourth-order valence-electron chi connectivity index (χ4n) is 2.75. The van der Waals surface area contributed by atoms with Gasteiger partial charge in [-0.05, 0) is 51.3 Å². The molecule has 0 spiro atoms. The molecule has 0 aliphatic heterocycles. The van der Waals surface area contributed by atoms with Crippen LogP contribution in [0.25, 0.3) is 11.6 Å². The van der Waals surface area contributed by atoms with Gasteiger partial charge in [-0.1, -0.05) is 6.92 Å². The molecule has 3 rings (SSSR count). The Morgan fingerprint density at radius 1 is 1.40 bits per heavy atom. The van der Waals surface area contributed by atoms with Crippen LogP contribution in [0.3, 0.4) is 0 Å². The summed E-state index contributed by atoms with van der Waals surface area (Å²) in [6.07, 6.45) is 6.52. The molecular weight excluding hydrogens is 250 g/mol. The summed E-state index contributed by atoms with van der Waals surface area (Å²) >= 11 is 0. The minimum Gasteiger partial charge on any atom is -0.458 e. The number of hydrogen-bond acceptors (Lipinski definition) is 4. The maximum atomic E-state index is 5.61. The Morgan fingerprint density at radius 2 is 2.30 bits per heavy atom. The van der Waals surface area contributed by atoms with Gasteiger partial charge in [0.15, 0.2) is 11.6 Å². The molecule has 20 heavy (non-hydrogen) atoms. The number of nitrogens with one attached hydrogen (secondary N) is 1. The van der Waals surface area contributed by atoms with Crippen molar-refractivity contribution < 1.29 is 4.42 Å². The molecule has 0 radical (unpaired) electrons. The minimum absolute atomic E-state index is 0.408. The number of nitrogens with zero attached hydrogens (tertiary/aromatic N) is 2. The third-order valence-corrected chi connectivity index (χ3v) is 3.78. The van der Waals surface area contributed by atoms with Crippen LogP contribution < -0.4 is 5.32 Å². The first-order chi connectivity index (χ1) is 9.78. The van der Waals surface area contributed by atoms with Gasteiger partial charge in [0.25, 0.3) is 0 Å². The number of fused-ring (bicyclic) bond motifs is 1. The molecule has 1 N–H and O–H groups in total. The van der Waals surface area contributed by atoms with E-state index in [-0.39, 0.29) is 0 Å². The van der Waals surface area contributed by atoms with E-state index in [9.17, 15) is 0 Å². The van der Waals surface area contributed by atoms with E-state index in [2.05, 4.69) is 17.2 Å². The lowest BCUT2D eigenvalue weighted by Gasteiger charge is -2.25. The molecule has 1 unspecified atom stereocenters. The molecule has 4 heteroatoms. The van der Waals surface area contributed by atoms with Crippen LogP contribution in [-0.2, 0) is 6.42 Å². The van der Waals surface area contributed by atoms with E-state index in [1.54, 1.807) is 0 Å². The van der Waals surface area contributed by atoms with Crippen molar-refractivity contribution in [2.45, 2.75) is 45.6 Å². The molecule has 106 valence electrons. The minimum atomic E-state index is 0.408. The first-order valence-electron chi connectivity index (χ1n) is 7.44. The second-order valence-electron chi connectivity index (χ2n) is 5.40. The van der Waals surface area contributed by atoms with Crippen molar-refractivity contribution in [3.63, 3.8) is 0 Å². The molecular formula is C16H21N3O. The van der Waals surface area contributed by atoms with Crippen LogP contribution in [0.4, 0.5) is 0 Å². The number of aryl methyl sites for hydroxylation is 2. The first-order valence-corrected chi connectivity index (χ1v) is 7.44. The lowest BCUT2D eigenvalue weighted by atomic mass is 9.92. The Bertz CT molecular complexity index is 591. The summed E-state index contributed by atoms with van der Waals surface area (Å²) in [6, 6.07) is 4.29. The van der Waals surface area contributed by atoms with E-state index < -0.39 is 0 Å². The molecule has 1 aliphatic rings. The van der Waals surface area contributed by atoms with Crippen LogP contribution in [-0.4, -0.2) is 16.5 Å². The third kappa shape index (κ3) is 2.61. The average molecular weight is 271 g/mol. The second-order valence-corrected chi connectivity index (χ2v) is 5.40. The van der Waals surface area contributed by atoms with Gasteiger partial charge >= 0.3 is 0 Å². The predicted molar refractivity (Wildman–Crippen MR) is 78.4 cm³/mol.